The van der Waals surface area contributed by atoms with Crippen molar-refractivity contribution in [2.75, 3.05) is 18.0 Å². The number of rotatable bonds is 2. The van der Waals surface area contributed by atoms with Crippen LogP contribution in [0.4, 0.5) is 5.82 Å². The van der Waals surface area contributed by atoms with Crippen LogP contribution in [0.2, 0.25) is 0 Å². The van der Waals surface area contributed by atoms with Gasteiger partial charge in [0.1, 0.15) is 5.82 Å². The fourth-order valence-corrected chi connectivity index (χ4v) is 2.70. The molecular formula is C14H21N3O2. The minimum Gasteiger partial charge on any atom is -0.372 e. The van der Waals surface area contributed by atoms with E-state index >= 15 is 0 Å². The standard InChI is InChI=1S/C14H21N3O2/c1-8-5-9(2)16-14(12(8)13(15)18)17-6-10(3)19-11(4)7-17/h5,10-11H,6-7H2,1-4H3,(H2,15,18)/t10-,11+. The SMILES string of the molecule is Cc1cc(C)c(C(N)=O)c(N2C[C@@H](C)O[C@@H](C)C2)n1. The van der Waals surface area contributed by atoms with Gasteiger partial charge in [-0.25, -0.2) is 4.98 Å². The summed E-state index contributed by atoms with van der Waals surface area (Å²) < 4.78 is 5.71. The van der Waals surface area contributed by atoms with E-state index in [2.05, 4.69) is 9.88 Å². The van der Waals surface area contributed by atoms with Gasteiger partial charge in [-0.05, 0) is 39.3 Å². The normalized spacial score (nSPS) is 23.5. The summed E-state index contributed by atoms with van der Waals surface area (Å²) in [6.45, 7) is 9.31. The van der Waals surface area contributed by atoms with Gasteiger partial charge in [-0.2, -0.15) is 0 Å². The van der Waals surface area contributed by atoms with Crippen molar-refractivity contribution in [1.29, 1.82) is 0 Å². The van der Waals surface area contributed by atoms with Gasteiger partial charge in [0.2, 0.25) is 0 Å². The van der Waals surface area contributed by atoms with E-state index in [4.69, 9.17) is 10.5 Å². The van der Waals surface area contributed by atoms with Gasteiger partial charge in [0.05, 0.1) is 17.8 Å². The first-order valence-corrected chi connectivity index (χ1v) is 6.57. The average molecular weight is 263 g/mol. The molecule has 1 aromatic rings. The van der Waals surface area contributed by atoms with Gasteiger partial charge in [0, 0.05) is 18.8 Å². The largest absolute Gasteiger partial charge is 0.372 e. The third-order valence-electron chi connectivity index (χ3n) is 3.29. The predicted molar refractivity (Wildman–Crippen MR) is 74.5 cm³/mol. The summed E-state index contributed by atoms with van der Waals surface area (Å²) in [7, 11) is 0. The molecular weight excluding hydrogens is 242 g/mol. The molecule has 2 N–H and O–H groups in total. The average Bonchev–Trinajstić information content (AvgIpc) is 2.25. The molecule has 1 fully saturated rings. The third kappa shape index (κ3) is 2.87. The van der Waals surface area contributed by atoms with Gasteiger partial charge in [-0.15, -0.1) is 0 Å². The molecule has 0 saturated carbocycles. The number of nitrogens with two attached hydrogens (primary N) is 1. The molecule has 0 spiro atoms. The molecule has 1 aliphatic heterocycles. The maximum atomic E-state index is 11.7. The first-order valence-electron chi connectivity index (χ1n) is 6.57. The summed E-state index contributed by atoms with van der Waals surface area (Å²) in [5, 5.41) is 0. The number of pyridine rings is 1. The Morgan fingerprint density at radius 2 is 1.95 bits per heavy atom. The molecule has 0 aromatic carbocycles. The Bertz CT molecular complexity index is 492. The number of ether oxygens (including phenoxy) is 1. The molecule has 1 aromatic heterocycles. The number of carbonyl (C=O) groups is 1. The lowest BCUT2D eigenvalue weighted by molar-refractivity contribution is -0.00552. The quantitative estimate of drug-likeness (QED) is 0.876. The highest BCUT2D eigenvalue weighted by atomic mass is 16.5. The first kappa shape index (κ1) is 13.8. The summed E-state index contributed by atoms with van der Waals surface area (Å²) in [5.74, 6) is 0.263. The van der Waals surface area contributed by atoms with Crippen molar-refractivity contribution in [3.63, 3.8) is 0 Å². The summed E-state index contributed by atoms with van der Waals surface area (Å²) in [4.78, 5) is 18.3. The smallest absolute Gasteiger partial charge is 0.252 e. The maximum absolute atomic E-state index is 11.7. The maximum Gasteiger partial charge on any atom is 0.252 e. The number of aryl methyl sites for hydroxylation is 2. The predicted octanol–water partition coefficient (Wildman–Crippen LogP) is 1.41. The van der Waals surface area contributed by atoms with Gasteiger partial charge < -0.3 is 15.4 Å². The Hall–Kier alpha value is -1.62. The minimum absolute atomic E-state index is 0.118. The van der Waals surface area contributed by atoms with Crippen molar-refractivity contribution in [3.05, 3.63) is 22.9 Å². The van der Waals surface area contributed by atoms with E-state index in [0.717, 1.165) is 24.3 Å². The molecule has 1 amide bonds. The monoisotopic (exact) mass is 263 g/mol. The van der Waals surface area contributed by atoms with E-state index in [-0.39, 0.29) is 12.2 Å². The first-order chi connectivity index (χ1) is 8.88. The Kier molecular flexibility index (Phi) is 3.75. The van der Waals surface area contributed by atoms with Crippen LogP contribution in [0.3, 0.4) is 0 Å². The summed E-state index contributed by atoms with van der Waals surface area (Å²) >= 11 is 0. The number of amides is 1. The van der Waals surface area contributed by atoms with Crippen LogP contribution in [0, 0.1) is 13.8 Å². The Balaban J connectivity index is 2.45. The van der Waals surface area contributed by atoms with E-state index < -0.39 is 5.91 Å². The number of hydrogen-bond donors (Lipinski definition) is 1. The molecule has 2 rings (SSSR count). The van der Waals surface area contributed by atoms with Crippen LogP contribution < -0.4 is 10.6 Å². The zero-order chi connectivity index (χ0) is 14.2. The number of carbonyl (C=O) groups excluding carboxylic acids is 1. The van der Waals surface area contributed by atoms with Gasteiger partial charge in [-0.3, -0.25) is 4.79 Å². The van der Waals surface area contributed by atoms with E-state index in [9.17, 15) is 4.79 Å². The molecule has 19 heavy (non-hydrogen) atoms. The lowest BCUT2D eigenvalue weighted by Gasteiger charge is -2.37. The second-order valence-corrected chi connectivity index (χ2v) is 5.31. The highest BCUT2D eigenvalue weighted by Crippen LogP contribution is 2.25. The van der Waals surface area contributed by atoms with Crippen molar-refractivity contribution >= 4 is 11.7 Å². The van der Waals surface area contributed by atoms with Gasteiger partial charge in [0.25, 0.3) is 5.91 Å². The van der Waals surface area contributed by atoms with Crippen LogP contribution in [-0.2, 0) is 4.74 Å². The molecule has 5 heteroatoms. The molecule has 0 unspecified atom stereocenters. The summed E-state index contributed by atoms with van der Waals surface area (Å²) in [6.07, 6.45) is 0.235. The molecule has 104 valence electrons. The van der Waals surface area contributed by atoms with Crippen LogP contribution in [0.1, 0.15) is 35.5 Å². The fourth-order valence-electron chi connectivity index (χ4n) is 2.70. The second-order valence-electron chi connectivity index (χ2n) is 5.31. The van der Waals surface area contributed by atoms with Crippen LogP contribution in [0.15, 0.2) is 6.07 Å². The number of hydrogen-bond acceptors (Lipinski definition) is 4. The topological polar surface area (TPSA) is 68.5 Å². The van der Waals surface area contributed by atoms with Crippen molar-refractivity contribution in [2.45, 2.75) is 39.9 Å². The molecule has 5 nitrogen and oxygen atoms in total. The van der Waals surface area contributed by atoms with Crippen LogP contribution in [0.5, 0.6) is 0 Å². The highest BCUT2D eigenvalue weighted by Gasteiger charge is 2.27. The number of anilines is 1. The minimum atomic E-state index is -0.424. The van der Waals surface area contributed by atoms with Crippen LogP contribution >= 0.6 is 0 Å². The third-order valence-corrected chi connectivity index (χ3v) is 3.29. The number of primary amides is 1. The summed E-state index contributed by atoms with van der Waals surface area (Å²) in [6, 6.07) is 1.89. The van der Waals surface area contributed by atoms with E-state index in [1.165, 1.54) is 0 Å². The zero-order valence-electron chi connectivity index (χ0n) is 11.9. The number of aromatic nitrogens is 1. The number of morpholine rings is 1. The zero-order valence-corrected chi connectivity index (χ0v) is 11.9. The highest BCUT2D eigenvalue weighted by molar-refractivity contribution is 5.99. The van der Waals surface area contributed by atoms with E-state index in [1.807, 2.05) is 33.8 Å². The van der Waals surface area contributed by atoms with Crippen molar-refractivity contribution in [2.24, 2.45) is 5.73 Å². The van der Waals surface area contributed by atoms with Crippen molar-refractivity contribution in [3.8, 4) is 0 Å². The molecule has 1 saturated heterocycles. The van der Waals surface area contributed by atoms with E-state index in [1.54, 1.807) is 0 Å². The lowest BCUT2D eigenvalue weighted by atomic mass is 10.1. The fraction of sp³-hybridized carbons (Fsp3) is 0.571. The van der Waals surface area contributed by atoms with Crippen molar-refractivity contribution in [1.82, 2.24) is 4.98 Å². The van der Waals surface area contributed by atoms with Gasteiger partial charge >= 0.3 is 0 Å². The lowest BCUT2D eigenvalue weighted by Crippen LogP contribution is -2.46. The molecule has 0 radical (unpaired) electrons. The molecule has 2 heterocycles. The second kappa shape index (κ2) is 5.17. The van der Waals surface area contributed by atoms with Crippen LogP contribution in [0.25, 0.3) is 0 Å². The molecule has 1 aliphatic rings. The number of nitrogens with zero attached hydrogens (tertiary/aromatic N) is 2. The van der Waals surface area contributed by atoms with Gasteiger partial charge in [0.15, 0.2) is 0 Å². The Morgan fingerprint density at radius 3 is 2.47 bits per heavy atom. The Morgan fingerprint density at radius 1 is 1.37 bits per heavy atom. The van der Waals surface area contributed by atoms with E-state index in [0.29, 0.717) is 11.4 Å². The summed E-state index contributed by atoms with van der Waals surface area (Å²) in [5.41, 5.74) is 7.79. The van der Waals surface area contributed by atoms with Gasteiger partial charge in [-0.1, -0.05) is 0 Å². The van der Waals surface area contributed by atoms with Crippen molar-refractivity contribution < 1.29 is 9.53 Å². The Labute approximate surface area is 113 Å². The molecule has 2 atom stereocenters. The molecule has 0 bridgehead atoms. The molecule has 0 aliphatic carbocycles. The van der Waals surface area contributed by atoms with Crippen LogP contribution in [-0.4, -0.2) is 36.2 Å².